The number of hydrogen-bond donors (Lipinski definition) is 8. The van der Waals surface area contributed by atoms with Gasteiger partial charge in [-0.15, -0.1) is 34.0 Å². The van der Waals surface area contributed by atoms with Crippen LogP contribution in [0.4, 0.5) is 33.8 Å². The molecule has 0 fully saturated rings. The molecule has 0 spiro atoms. The Morgan fingerprint density at radius 1 is 0.540 bits per heavy atom. The van der Waals surface area contributed by atoms with Crippen molar-refractivity contribution >= 4 is 139 Å². The SMILES string of the molecule is CN(CCO)c1ccc2c(c1)C(C)(C)c1cc(C=O)sc1-2.NCc1ccc(COc2nc(N)nc3nc[nH]c23)cc1.[C-]#[N+]/C(=C\c1cc2c(s1)-c1ccc(N(C)CCO)cc1C2(C)C)C(=O)OC.[C-]#[N+]/C(=C\c1cc2c(s1)-c1ccc(N(C)CCOC(=O)NCc3ccc(COc4nc(N)nc5nc[nH]c45)cc3)cc1C2(C)C)C(=O)OC.[C-]#[N+]CC(=S)OC. The van der Waals surface area contributed by atoms with Gasteiger partial charge in [0.05, 0.1) is 71.8 Å². The topological polar surface area (TPSA) is 386 Å². The fourth-order valence-corrected chi connectivity index (χ4v) is 17.9. The van der Waals surface area contributed by atoms with Gasteiger partial charge in [-0.05, 0) is 151 Å². The molecular weight excluding hydrogens is 1650 g/mol. The van der Waals surface area contributed by atoms with Crippen LogP contribution in [0.3, 0.4) is 0 Å². The minimum Gasteiger partial charge on any atom is -0.484 e. The van der Waals surface area contributed by atoms with Gasteiger partial charge in [0.15, 0.2) is 17.6 Å². The van der Waals surface area contributed by atoms with E-state index in [4.69, 9.17) is 61.0 Å². The highest BCUT2D eigenvalue weighted by Crippen LogP contribution is 2.56. The van der Waals surface area contributed by atoms with Crippen LogP contribution in [0, 0.1) is 19.7 Å². The van der Waals surface area contributed by atoms with Crippen molar-refractivity contribution in [2.24, 2.45) is 5.73 Å². The first kappa shape index (κ1) is 91.2. The largest absolute Gasteiger partial charge is 0.484 e. The first-order valence-corrected chi connectivity index (χ1v) is 41.7. The minimum atomic E-state index is -0.644. The molecule has 0 saturated carbocycles. The second kappa shape index (κ2) is 40.5. The number of aromatic amines is 2. The molecule has 12 aromatic rings. The number of carbonyl (C=O) groups is 4. The van der Waals surface area contributed by atoms with Gasteiger partial charge in [0.25, 0.3) is 17.9 Å². The number of alkyl carbamates (subject to hydrolysis) is 1. The molecule has 0 saturated heterocycles. The molecule has 7 aromatic heterocycles. The zero-order valence-corrected chi connectivity index (χ0v) is 73.7. The fourth-order valence-electron chi connectivity index (χ4n) is 14.1. The van der Waals surface area contributed by atoms with E-state index in [0.717, 1.165) is 76.2 Å². The molecule has 0 atom stereocenters. The number of amides is 1. The number of aliphatic hydroxyl groups excluding tert-OH is 2. The number of aldehydes is 1. The van der Waals surface area contributed by atoms with Gasteiger partial charge in [-0.3, -0.25) is 14.4 Å². The summed E-state index contributed by atoms with van der Waals surface area (Å²) in [7, 11) is 9.93. The third kappa shape index (κ3) is 20.8. The number of likely N-dealkylation sites (N-methyl/N-ethyl adjacent to an activating group) is 3. The lowest BCUT2D eigenvalue weighted by Crippen LogP contribution is -2.29. The molecule has 30 nitrogen and oxygen atoms in total. The Kier molecular flexibility index (Phi) is 29.8. The van der Waals surface area contributed by atoms with Gasteiger partial charge in [0, 0.05) is 105 Å². The van der Waals surface area contributed by atoms with Crippen LogP contribution in [-0.2, 0) is 71.1 Å². The van der Waals surface area contributed by atoms with E-state index in [1.807, 2.05) is 92.8 Å². The maximum Gasteiger partial charge on any atom is 0.407 e. The molecule has 0 radical (unpaired) electrons. The van der Waals surface area contributed by atoms with Crippen molar-refractivity contribution in [3.8, 4) is 43.1 Å². The number of H-pyrrole nitrogens is 2. The lowest BCUT2D eigenvalue weighted by molar-refractivity contribution is -0.136. The number of esters is 2. The number of nitrogens with zero attached hydrogens (tertiary/aromatic N) is 12. The lowest BCUT2D eigenvalue weighted by atomic mass is 9.82. The zero-order valence-electron chi connectivity index (χ0n) is 70.4. The van der Waals surface area contributed by atoms with Crippen molar-refractivity contribution < 1.29 is 57.8 Å². The minimum absolute atomic E-state index is 0.0172. The predicted octanol–water partition coefficient (Wildman–Crippen LogP) is 14.7. The summed E-state index contributed by atoms with van der Waals surface area (Å²) in [6, 6.07) is 40.8. The van der Waals surface area contributed by atoms with Crippen molar-refractivity contribution in [2.75, 3.05) is 115 Å². The first-order chi connectivity index (χ1) is 59.4. The Hall–Kier alpha value is -13.5. The number of thiophene rings is 3. The van der Waals surface area contributed by atoms with Gasteiger partial charge in [0.1, 0.15) is 30.9 Å². The summed E-state index contributed by atoms with van der Waals surface area (Å²) < 4.78 is 30.9. The highest BCUT2D eigenvalue weighted by molar-refractivity contribution is 7.80. The molecule has 1 amide bonds. The Morgan fingerprint density at radius 2 is 0.927 bits per heavy atom. The Labute approximate surface area is 734 Å². The van der Waals surface area contributed by atoms with Crippen LogP contribution >= 0.6 is 46.2 Å². The van der Waals surface area contributed by atoms with Crippen molar-refractivity contribution in [3.05, 3.63) is 250 Å². The number of aromatic nitrogens is 8. The van der Waals surface area contributed by atoms with Crippen molar-refractivity contribution in [3.63, 3.8) is 0 Å². The number of benzene rings is 5. The summed E-state index contributed by atoms with van der Waals surface area (Å²) in [6.07, 6.45) is 6.66. The monoisotopic (exact) mass is 1750 g/mol. The van der Waals surface area contributed by atoms with Crippen molar-refractivity contribution in [1.29, 1.82) is 0 Å². The maximum absolute atomic E-state index is 12.4. The van der Waals surface area contributed by atoms with Gasteiger partial charge in [0.2, 0.25) is 28.7 Å². The van der Waals surface area contributed by atoms with E-state index in [-0.39, 0.29) is 72.5 Å². The van der Waals surface area contributed by atoms with Crippen LogP contribution in [0.1, 0.15) is 117 Å². The predicted molar refractivity (Wildman–Crippen MR) is 489 cm³/mol. The number of hydrogen-bond acceptors (Lipinski definition) is 28. The number of fused-ring (bicyclic) bond motifs is 11. The van der Waals surface area contributed by atoms with E-state index in [9.17, 15) is 24.3 Å². The first-order valence-electron chi connectivity index (χ1n) is 38.8. The summed E-state index contributed by atoms with van der Waals surface area (Å²) in [4.78, 5) is 99.1. The number of carbonyl (C=O) groups excluding carboxylic acids is 4. The average molecular weight is 1750 g/mol. The van der Waals surface area contributed by atoms with E-state index in [1.165, 1.54) is 82.7 Å². The number of aliphatic hydroxyl groups is 2. The van der Waals surface area contributed by atoms with E-state index in [0.29, 0.717) is 78.5 Å². The number of methoxy groups -OCH3 is 3. The number of nitrogens with one attached hydrogen (secondary N) is 3. The number of imidazole rings is 2. The molecule has 0 unspecified atom stereocenters. The smallest absolute Gasteiger partial charge is 0.407 e. The molecule has 124 heavy (non-hydrogen) atoms. The third-order valence-electron chi connectivity index (χ3n) is 21.0. The summed E-state index contributed by atoms with van der Waals surface area (Å²) in [5, 5.41) is 21.4. The quantitative estimate of drug-likeness (QED) is 0.00658. The van der Waals surface area contributed by atoms with Gasteiger partial charge in [-0.25, -0.2) is 31.0 Å². The van der Waals surface area contributed by atoms with Crippen LogP contribution in [-0.4, -0.2) is 168 Å². The molecule has 0 aliphatic heterocycles. The summed E-state index contributed by atoms with van der Waals surface area (Å²) in [6.45, 7) is 37.8. The Balaban J connectivity index is 0.000000168. The van der Waals surface area contributed by atoms with E-state index in [2.05, 4.69) is 187 Å². The average Bonchev–Trinajstić information content (AvgIpc) is 1.58. The molecule has 34 heteroatoms. The van der Waals surface area contributed by atoms with Crippen molar-refractivity contribution in [1.82, 2.24) is 45.2 Å². The van der Waals surface area contributed by atoms with Crippen LogP contribution in [0.5, 0.6) is 11.8 Å². The molecule has 3 aliphatic rings. The molecule has 5 aromatic carbocycles. The van der Waals surface area contributed by atoms with Crippen LogP contribution in [0.25, 0.3) is 80.3 Å². The van der Waals surface area contributed by atoms with Crippen molar-refractivity contribution in [2.45, 2.75) is 84.1 Å². The number of nitrogen functional groups attached to an aromatic ring is 2. The summed E-state index contributed by atoms with van der Waals surface area (Å²) in [5.41, 5.74) is 36.5. The summed E-state index contributed by atoms with van der Waals surface area (Å²) in [5.74, 6) is -0.314. The molecule has 15 rings (SSSR count). The lowest BCUT2D eigenvalue weighted by Gasteiger charge is -2.24. The second-order valence-electron chi connectivity index (χ2n) is 30.1. The maximum atomic E-state index is 12.4. The highest BCUT2D eigenvalue weighted by atomic mass is 32.1. The normalized spacial score (nSPS) is 12.8. The number of anilines is 5. The van der Waals surface area contributed by atoms with Gasteiger partial charge in [-0.1, -0.05) is 108 Å². The fraction of sp³-hybridized carbons (Fsp3) is 0.289. The molecule has 640 valence electrons. The second-order valence-corrected chi connectivity index (χ2v) is 33.8. The zero-order chi connectivity index (χ0) is 89.3. The number of nitrogens with two attached hydrogens (primary N) is 3. The standard InChI is InChI=1S/C35H34N8O5S.C21H22N2O3S.C17H19NO2S.C13H14N6O.C4H5NOS/c1-35(2)25-14-22(10-11-24(25)29-26(35)15-23(49-29)16-27(37-3)32(44)46-5)43(4)12-13-47-34(45)38-17-20-6-8-21(9-7-20)18-48-31-28-30(40-19-39-28)41-33(36)42-31;1-21(2)16-10-13(23(4)8-9-24)6-7-15(16)19-17(21)11-14(27-19)12-18(22-3)20(25)26-5;1-17(2)14-8-11(18(3)6-7-19)4-5-13(14)16-15(17)9-12(10-20)21-16;14-5-8-1-3-9(4-2-8)6-20-12-10-11(17-7-16-10)18-13(15)19-12;1-5-3-4(7)6-2/h6-11,14-16,19H,12-13,17-18H2,1-2,4-5H3,(H,38,45)(H3,36,39,40,41,42);6-7,10-12,24H,8-9H2,1-2,4-5H3;4-5,8-10,19H,6-7H2,1-3H3;1-4,7H,5-6,14H2,(H3,15,16,17,18,19);3H2,2H3/b27-16-;18-12-;;;. The third-order valence-corrected chi connectivity index (χ3v) is 24.7. The number of thiocarbonyl (C=S) groups is 1. The van der Waals surface area contributed by atoms with Gasteiger partial charge in [-0.2, -0.15) is 19.9 Å². The molecule has 3 aliphatic carbocycles. The highest BCUT2D eigenvalue weighted by Gasteiger charge is 2.41. The van der Waals surface area contributed by atoms with E-state index >= 15 is 0 Å². The van der Waals surface area contributed by atoms with Crippen LogP contribution in [0.2, 0.25) is 0 Å². The van der Waals surface area contributed by atoms with E-state index < -0.39 is 18.0 Å². The van der Waals surface area contributed by atoms with Gasteiger partial charge >= 0.3 is 18.0 Å². The molecule has 7 heterocycles. The molecular formula is C90H94N18O12S4. The Bertz CT molecular complexity index is 6120. The number of rotatable bonds is 25. The Morgan fingerprint density at radius 3 is 1.29 bits per heavy atom. The van der Waals surface area contributed by atoms with Gasteiger partial charge < -0.3 is 90.7 Å². The number of ether oxygens (including phenoxy) is 6. The summed E-state index contributed by atoms with van der Waals surface area (Å²) >= 11 is 9.22. The van der Waals surface area contributed by atoms with E-state index in [1.54, 1.807) is 46.2 Å². The molecule has 0 bridgehead atoms. The molecule has 11 N–H and O–H groups in total. The van der Waals surface area contributed by atoms with Crippen LogP contribution in [0.15, 0.2) is 145 Å². The van der Waals surface area contributed by atoms with Crippen LogP contribution < -0.4 is 46.7 Å².